The van der Waals surface area contributed by atoms with Gasteiger partial charge in [-0.1, -0.05) is 36.4 Å². The van der Waals surface area contributed by atoms with Crippen LogP contribution in [0, 0.1) is 0 Å². The van der Waals surface area contributed by atoms with E-state index in [0.717, 1.165) is 18.7 Å². The van der Waals surface area contributed by atoms with Crippen molar-refractivity contribution in [1.82, 2.24) is 14.5 Å². The van der Waals surface area contributed by atoms with Crippen LogP contribution in [0.4, 0.5) is 11.4 Å². The van der Waals surface area contributed by atoms with Crippen molar-refractivity contribution in [3.63, 3.8) is 0 Å². The van der Waals surface area contributed by atoms with Crippen LogP contribution in [0.25, 0.3) is 10.9 Å². The molecule has 4 N–H and O–H groups in total. The van der Waals surface area contributed by atoms with Crippen LogP contribution in [0.2, 0.25) is 0 Å². The number of nitrogens with zero attached hydrogens (tertiary/aromatic N) is 2. The molecule has 1 unspecified atom stereocenters. The fraction of sp³-hybridized carbons (Fsp3) is 0.250. The van der Waals surface area contributed by atoms with Gasteiger partial charge in [0.25, 0.3) is 11.5 Å². The average molecular weight is 500 g/mol. The highest BCUT2D eigenvalue weighted by atomic mass is 16.5. The number of morpholine rings is 1. The minimum atomic E-state index is -0.509. The van der Waals surface area contributed by atoms with Gasteiger partial charge in [0, 0.05) is 25.2 Å². The maximum absolute atomic E-state index is 13.5. The van der Waals surface area contributed by atoms with E-state index >= 15 is 0 Å². The summed E-state index contributed by atoms with van der Waals surface area (Å²) in [5, 5.41) is 3.27. The maximum atomic E-state index is 13.5. The minimum Gasteiger partial charge on any atom is -0.397 e. The topological polar surface area (TPSA) is 122 Å². The van der Waals surface area contributed by atoms with Gasteiger partial charge in [-0.05, 0) is 48.4 Å². The van der Waals surface area contributed by atoms with Gasteiger partial charge in [0.05, 0.1) is 41.5 Å². The Morgan fingerprint density at radius 3 is 2.43 bits per heavy atom. The molecular weight excluding hydrogens is 470 g/mol. The van der Waals surface area contributed by atoms with Crippen molar-refractivity contribution in [2.75, 3.05) is 43.9 Å². The maximum Gasteiger partial charge on any atom is 0.329 e. The fourth-order valence-electron chi connectivity index (χ4n) is 4.70. The first-order chi connectivity index (χ1) is 18.0. The van der Waals surface area contributed by atoms with Crippen LogP contribution in [0.5, 0.6) is 0 Å². The second-order valence-electron chi connectivity index (χ2n) is 9.07. The Morgan fingerprint density at radius 2 is 1.68 bits per heavy atom. The summed E-state index contributed by atoms with van der Waals surface area (Å²) in [7, 11) is 0. The number of hydrogen-bond donors (Lipinski definition) is 3. The number of aromatic amines is 1. The third kappa shape index (κ3) is 5.32. The lowest BCUT2D eigenvalue weighted by Crippen LogP contribution is -2.41. The van der Waals surface area contributed by atoms with Crippen molar-refractivity contribution in [1.29, 1.82) is 0 Å². The molecule has 0 bridgehead atoms. The van der Waals surface area contributed by atoms with E-state index in [1.807, 2.05) is 0 Å². The third-order valence-corrected chi connectivity index (χ3v) is 6.74. The van der Waals surface area contributed by atoms with E-state index in [2.05, 4.69) is 15.2 Å². The van der Waals surface area contributed by atoms with Gasteiger partial charge in [-0.15, -0.1) is 0 Å². The highest BCUT2D eigenvalue weighted by molar-refractivity contribution is 6.05. The molecule has 1 amide bonds. The SMILES string of the molecule is Nc1ccccc1NC(=O)c1ccc(C(CCN2CCOCC2)n2c(=O)[nH]c3ccccc3c2=O)cc1. The number of para-hydroxylation sites is 3. The smallest absolute Gasteiger partial charge is 0.329 e. The molecule has 1 aromatic heterocycles. The second-order valence-corrected chi connectivity index (χ2v) is 9.07. The Balaban J connectivity index is 1.47. The highest BCUT2D eigenvalue weighted by Crippen LogP contribution is 2.23. The van der Waals surface area contributed by atoms with Crippen LogP contribution in [-0.4, -0.2) is 53.2 Å². The molecule has 9 heteroatoms. The predicted molar refractivity (Wildman–Crippen MR) is 144 cm³/mol. The quantitative estimate of drug-likeness (QED) is 0.336. The van der Waals surface area contributed by atoms with E-state index in [9.17, 15) is 14.4 Å². The number of nitrogens with one attached hydrogen (secondary N) is 2. The van der Waals surface area contributed by atoms with E-state index in [1.54, 1.807) is 72.8 Å². The zero-order valence-corrected chi connectivity index (χ0v) is 20.4. The van der Waals surface area contributed by atoms with Gasteiger partial charge in [-0.3, -0.25) is 19.1 Å². The van der Waals surface area contributed by atoms with Gasteiger partial charge in [0.15, 0.2) is 0 Å². The van der Waals surface area contributed by atoms with Gasteiger partial charge in [-0.2, -0.15) is 0 Å². The normalized spacial score (nSPS) is 14.9. The molecule has 0 aliphatic carbocycles. The summed E-state index contributed by atoms with van der Waals surface area (Å²) in [5.41, 5.74) is 7.88. The molecule has 4 aromatic rings. The van der Waals surface area contributed by atoms with Gasteiger partial charge in [-0.25, -0.2) is 4.79 Å². The molecule has 0 radical (unpaired) electrons. The zero-order chi connectivity index (χ0) is 25.8. The van der Waals surface area contributed by atoms with Gasteiger partial charge >= 0.3 is 5.69 Å². The van der Waals surface area contributed by atoms with Crippen molar-refractivity contribution < 1.29 is 9.53 Å². The molecule has 1 fully saturated rings. The number of carbonyl (C=O) groups is 1. The molecule has 190 valence electrons. The summed E-state index contributed by atoms with van der Waals surface area (Å²) in [6, 6.07) is 20.5. The van der Waals surface area contributed by atoms with E-state index in [-0.39, 0.29) is 11.5 Å². The lowest BCUT2D eigenvalue weighted by molar-refractivity contribution is 0.0361. The number of carbonyl (C=O) groups excluding carboxylic acids is 1. The molecule has 5 rings (SSSR count). The molecule has 3 aromatic carbocycles. The van der Waals surface area contributed by atoms with Crippen LogP contribution in [-0.2, 0) is 4.74 Å². The molecule has 0 saturated carbocycles. The Morgan fingerprint density at radius 1 is 0.973 bits per heavy atom. The van der Waals surface area contributed by atoms with Crippen LogP contribution < -0.4 is 22.3 Å². The molecule has 1 aliphatic heterocycles. The van der Waals surface area contributed by atoms with E-state index in [4.69, 9.17) is 10.5 Å². The van der Waals surface area contributed by atoms with Crippen LogP contribution in [0.1, 0.15) is 28.4 Å². The van der Waals surface area contributed by atoms with E-state index in [1.165, 1.54) is 4.57 Å². The lowest BCUT2D eigenvalue weighted by atomic mass is 10.0. The first kappa shape index (κ1) is 24.5. The number of aromatic nitrogens is 2. The summed E-state index contributed by atoms with van der Waals surface area (Å²) in [6.07, 6.45) is 0.549. The van der Waals surface area contributed by atoms with Crippen molar-refractivity contribution in [3.05, 3.63) is 105 Å². The Bertz CT molecular complexity index is 1520. The second kappa shape index (κ2) is 10.8. The van der Waals surface area contributed by atoms with Gasteiger partial charge in [0.2, 0.25) is 0 Å². The Labute approximate surface area is 213 Å². The van der Waals surface area contributed by atoms with Crippen LogP contribution in [0.15, 0.2) is 82.4 Å². The number of hydrogen-bond acceptors (Lipinski definition) is 6. The standard InChI is InChI=1S/C28H29N5O4/c29-22-6-2-4-8-24(22)30-26(34)20-11-9-19(10-12-20)25(13-14-32-15-17-37-18-16-32)33-27(35)21-5-1-3-7-23(21)31-28(33)36/h1-12,25H,13-18,29H2,(H,30,34)(H,31,36). The first-order valence-electron chi connectivity index (χ1n) is 12.3. The summed E-state index contributed by atoms with van der Waals surface area (Å²) < 4.78 is 6.74. The van der Waals surface area contributed by atoms with Crippen LogP contribution >= 0.6 is 0 Å². The number of anilines is 2. The highest BCUT2D eigenvalue weighted by Gasteiger charge is 2.22. The Kier molecular flexibility index (Phi) is 7.16. The molecule has 1 aliphatic rings. The fourth-order valence-corrected chi connectivity index (χ4v) is 4.70. The molecule has 1 saturated heterocycles. The lowest BCUT2D eigenvalue weighted by Gasteiger charge is -2.29. The summed E-state index contributed by atoms with van der Waals surface area (Å²) in [4.78, 5) is 44.5. The summed E-state index contributed by atoms with van der Waals surface area (Å²) >= 11 is 0. The molecular formula is C28H29N5O4. The average Bonchev–Trinajstić information content (AvgIpc) is 2.92. The number of nitrogen functional groups attached to an aromatic ring is 1. The van der Waals surface area contributed by atoms with Crippen molar-refractivity contribution in [2.24, 2.45) is 0 Å². The Hall–Kier alpha value is -4.21. The van der Waals surface area contributed by atoms with Gasteiger partial charge < -0.3 is 20.8 Å². The first-order valence-corrected chi connectivity index (χ1v) is 12.3. The third-order valence-electron chi connectivity index (χ3n) is 6.74. The largest absolute Gasteiger partial charge is 0.397 e. The van der Waals surface area contributed by atoms with Crippen molar-refractivity contribution >= 4 is 28.2 Å². The summed E-state index contributed by atoms with van der Waals surface area (Å²) in [6.45, 7) is 3.63. The number of benzene rings is 3. The van der Waals surface area contributed by atoms with E-state index in [0.29, 0.717) is 54.0 Å². The van der Waals surface area contributed by atoms with Gasteiger partial charge in [0.1, 0.15) is 0 Å². The number of amides is 1. The number of nitrogens with two attached hydrogens (primary N) is 1. The predicted octanol–water partition coefficient (Wildman–Crippen LogP) is 2.84. The number of rotatable bonds is 7. The summed E-state index contributed by atoms with van der Waals surface area (Å²) in [5.74, 6) is -0.296. The van der Waals surface area contributed by atoms with Crippen LogP contribution in [0.3, 0.4) is 0 Å². The monoisotopic (exact) mass is 499 g/mol. The van der Waals surface area contributed by atoms with Crippen molar-refractivity contribution in [3.8, 4) is 0 Å². The van der Waals surface area contributed by atoms with E-state index < -0.39 is 11.7 Å². The molecule has 1 atom stereocenters. The number of ether oxygens (including phenoxy) is 1. The number of fused-ring (bicyclic) bond motifs is 1. The molecule has 0 spiro atoms. The molecule has 9 nitrogen and oxygen atoms in total. The molecule has 2 heterocycles. The zero-order valence-electron chi connectivity index (χ0n) is 20.4. The number of H-pyrrole nitrogens is 1. The molecule has 37 heavy (non-hydrogen) atoms. The van der Waals surface area contributed by atoms with Crippen molar-refractivity contribution in [2.45, 2.75) is 12.5 Å². The minimum absolute atomic E-state index is 0.296.